The van der Waals surface area contributed by atoms with Crippen LogP contribution in [0.15, 0.2) is 42.5 Å². The van der Waals surface area contributed by atoms with Gasteiger partial charge in [-0.15, -0.1) is 0 Å². The molecule has 0 heterocycles. The van der Waals surface area contributed by atoms with Crippen molar-refractivity contribution in [2.75, 3.05) is 20.8 Å². The number of ether oxygens (including phenoxy) is 3. The molecule has 120 valence electrons. The van der Waals surface area contributed by atoms with Crippen LogP contribution in [0, 0.1) is 0 Å². The number of rotatable bonds is 6. The fraction of sp³-hybridized carbons (Fsp3) is 0.176. The zero-order chi connectivity index (χ0) is 16.8. The highest BCUT2D eigenvalue weighted by Crippen LogP contribution is 2.25. The van der Waals surface area contributed by atoms with Crippen molar-refractivity contribution < 1.29 is 23.8 Å². The number of esters is 1. The normalized spacial score (nSPS) is 10.0. The minimum Gasteiger partial charge on any atom is -0.497 e. The lowest BCUT2D eigenvalue weighted by molar-refractivity contribution is 0.0471. The smallest absolute Gasteiger partial charge is 0.342 e. The molecule has 0 aliphatic carbocycles. The molecule has 2 rings (SSSR count). The van der Waals surface area contributed by atoms with Gasteiger partial charge < -0.3 is 14.2 Å². The van der Waals surface area contributed by atoms with Crippen LogP contribution >= 0.6 is 11.6 Å². The van der Waals surface area contributed by atoms with E-state index in [2.05, 4.69) is 0 Å². The molecule has 0 saturated carbocycles. The van der Waals surface area contributed by atoms with Crippen LogP contribution in [-0.4, -0.2) is 32.6 Å². The third kappa shape index (κ3) is 4.23. The van der Waals surface area contributed by atoms with Gasteiger partial charge in [-0.3, -0.25) is 4.79 Å². The van der Waals surface area contributed by atoms with Crippen molar-refractivity contribution in [3.05, 3.63) is 58.6 Å². The molecule has 5 nitrogen and oxygen atoms in total. The maximum atomic E-state index is 12.1. The number of carbonyl (C=O) groups excluding carboxylic acids is 2. The summed E-state index contributed by atoms with van der Waals surface area (Å²) >= 11 is 5.76. The van der Waals surface area contributed by atoms with E-state index in [9.17, 15) is 9.59 Å². The van der Waals surface area contributed by atoms with Gasteiger partial charge in [0.25, 0.3) is 0 Å². The van der Waals surface area contributed by atoms with Crippen LogP contribution in [0.2, 0.25) is 5.02 Å². The average Bonchev–Trinajstić information content (AvgIpc) is 2.59. The van der Waals surface area contributed by atoms with Crippen LogP contribution < -0.4 is 9.47 Å². The van der Waals surface area contributed by atoms with E-state index in [0.717, 1.165) is 0 Å². The summed E-state index contributed by atoms with van der Waals surface area (Å²) in [5.41, 5.74) is 0.640. The van der Waals surface area contributed by atoms with Crippen LogP contribution in [0.3, 0.4) is 0 Å². The van der Waals surface area contributed by atoms with Crippen LogP contribution in [0.5, 0.6) is 11.5 Å². The van der Waals surface area contributed by atoms with Gasteiger partial charge in [0.05, 0.1) is 14.2 Å². The highest BCUT2D eigenvalue weighted by atomic mass is 35.5. The maximum absolute atomic E-state index is 12.1. The number of hydrogen-bond donors (Lipinski definition) is 0. The highest BCUT2D eigenvalue weighted by molar-refractivity contribution is 6.30. The minimum atomic E-state index is -0.646. The number of hydrogen-bond acceptors (Lipinski definition) is 5. The van der Waals surface area contributed by atoms with Gasteiger partial charge in [-0.05, 0) is 36.4 Å². The Morgan fingerprint density at radius 1 is 1.00 bits per heavy atom. The van der Waals surface area contributed by atoms with Gasteiger partial charge in [-0.2, -0.15) is 0 Å². The predicted octanol–water partition coefficient (Wildman–Crippen LogP) is 3.40. The first-order chi connectivity index (χ1) is 11.0. The standard InChI is InChI=1S/C17H15ClO5/c1-21-13-7-8-14(16(9-13)22-2)17(20)23-10-15(19)11-3-5-12(18)6-4-11/h3-9H,10H2,1-2H3. The molecule has 0 fully saturated rings. The molecular formula is C17H15ClO5. The molecule has 0 saturated heterocycles. The molecule has 0 aliphatic rings. The number of halogens is 1. The molecule has 0 aliphatic heterocycles. The quantitative estimate of drug-likeness (QED) is 0.598. The van der Waals surface area contributed by atoms with Crippen molar-refractivity contribution in [3.63, 3.8) is 0 Å². The Bertz CT molecular complexity index is 709. The topological polar surface area (TPSA) is 61.8 Å². The first kappa shape index (κ1) is 16.8. The Balaban J connectivity index is 2.04. The zero-order valence-electron chi connectivity index (χ0n) is 12.7. The van der Waals surface area contributed by atoms with E-state index in [-0.39, 0.29) is 18.0 Å². The predicted molar refractivity (Wildman–Crippen MR) is 85.6 cm³/mol. The molecule has 0 radical (unpaired) electrons. The summed E-state index contributed by atoms with van der Waals surface area (Å²) in [6.07, 6.45) is 0. The molecule has 0 atom stereocenters. The Morgan fingerprint density at radius 2 is 1.70 bits per heavy atom. The first-order valence-electron chi connectivity index (χ1n) is 6.73. The lowest BCUT2D eigenvalue weighted by Gasteiger charge is -2.10. The van der Waals surface area contributed by atoms with Crippen LogP contribution in [0.4, 0.5) is 0 Å². The van der Waals surface area contributed by atoms with Gasteiger partial charge in [0.1, 0.15) is 17.1 Å². The highest BCUT2D eigenvalue weighted by Gasteiger charge is 2.16. The molecule has 2 aromatic rings. The molecule has 0 N–H and O–H groups in total. The molecule has 0 spiro atoms. The molecule has 6 heteroatoms. The Hall–Kier alpha value is -2.53. The average molecular weight is 335 g/mol. The third-order valence-electron chi connectivity index (χ3n) is 3.13. The molecule has 0 aromatic heterocycles. The van der Waals surface area contributed by atoms with Crippen LogP contribution in [-0.2, 0) is 4.74 Å². The summed E-state index contributed by atoms with van der Waals surface area (Å²) < 4.78 is 15.2. The van der Waals surface area contributed by atoms with E-state index < -0.39 is 5.97 Å². The second-order valence-electron chi connectivity index (χ2n) is 4.57. The summed E-state index contributed by atoms with van der Waals surface area (Å²) in [6, 6.07) is 11.1. The van der Waals surface area contributed by atoms with Gasteiger partial charge in [0.15, 0.2) is 12.4 Å². The lowest BCUT2D eigenvalue weighted by Crippen LogP contribution is -2.15. The summed E-state index contributed by atoms with van der Waals surface area (Å²) in [4.78, 5) is 24.1. The molecular weight excluding hydrogens is 320 g/mol. The van der Waals surface area contributed by atoms with Gasteiger partial charge in [-0.1, -0.05) is 11.6 Å². The third-order valence-corrected chi connectivity index (χ3v) is 3.38. The summed E-state index contributed by atoms with van der Waals surface area (Å²) in [6.45, 7) is -0.365. The first-order valence-corrected chi connectivity index (χ1v) is 7.11. The van der Waals surface area contributed by atoms with E-state index in [1.807, 2.05) is 0 Å². The van der Waals surface area contributed by atoms with E-state index in [1.54, 1.807) is 36.4 Å². The molecule has 0 unspecified atom stereocenters. The van der Waals surface area contributed by atoms with Crippen molar-refractivity contribution in [2.24, 2.45) is 0 Å². The van der Waals surface area contributed by atoms with Crippen LogP contribution in [0.25, 0.3) is 0 Å². The van der Waals surface area contributed by atoms with Gasteiger partial charge in [0, 0.05) is 16.7 Å². The van der Waals surface area contributed by atoms with Crippen molar-refractivity contribution in [1.82, 2.24) is 0 Å². The molecule has 23 heavy (non-hydrogen) atoms. The Labute approximate surface area is 138 Å². The van der Waals surface area contributed by atoms with Gasteiger partial charge >= 0.3 is 5.97 Å². The van der Waals surface area contributed by atoms with Crippen molar-refractivity contribution in [2.45, 2.75) is 0 Å². The van der Waals surface area contributed by atoms with Crippen molar-refractivity contribution >= 4 is 23.4 Å². The molecule has 0 amide bonds. The number of methoxy groups -OCH3 is 2. The second-order valence-corrected chi connectivity index (χ2v) is 5.01. The number of benzene rings is 2. The zero-order valence-corrected chi connectivity index (χ0v) is 13.4. The van der Waals surface area contributed by atoms with Gasteiger partial charge in [-0.25, -0.2) is 4.79 Å². The summed E-state index contributed by atoms with van der Waals surface area (Å²) in [7, 11) is 2.95. The fourth-order valence-electron chi connectivity index (χ4n) is 1.90. The van der Waals surface area contributed by atoms with E-state index in [0.29, 0.717) is 22.1 Å². The van der Waals surface area contributed by atoms with Crippen molar-refractivity contribution in [1.29, 1.82) is 0 Å². The Morgan fingerprint density at radius 3 is 2.30 bits per heavy atom. The second kappa shape index (κ2) is 7.65. The van der Waals surface area contributed by atoms with E-state index in [4.69, 9.17) is 25.8 Å². The largest absolute Gasteiger partial charge is 0.497 e. The number of carbonyl (C=O) groups is 2. The molecule has 2 aromatic carbocycles. The van der Waals surface area contributed by atoms with Gasteiger partial charge in [0.2, 0.25) is 0 Å². The minimum absolute atomic E-state index is 0.220. The van der Waals surface area contributed by atoms with E-state index in [1.165, 1.54) is 20.3 Å². The van der Waals surface area contributed by atoms with E-state index >= 15 is 0 Å². The Kier molecular flexibility index (Phi) is 5.60. The summed E-state index contributed by atoms with van der Waals surface area (Å²) in [5, 5.41) is 0.529. The fourth-order valence-corrected chi connectivity index (χ4v) is 2.02. The number of ketones is 1. The molecule has 0 bridgehead atoms. The number of Topliss-reactive ketones (excluding diaryl/α,β-unsaturated/α-hetero) is 1. The maximum Gasteiger partial charge on any atom is 0.342 e. The van der Waals surface area contributed by atoms with Crippen molar-refractivity contribution in [3.8, 4) is 11.5 Å². The summed E-state index contributed by atoms with van der Waals surface area (Å²) in [5.74, 6) is -0.0988. The van der Waals surface area contributed by atoms with Crippen LogP contribution in [0.1, 0.15) is 20.7 Å². The lowest BCUT2D eigenvalue weighted by atomic mass is 10.1. The monoisotopic (exact) mass is 334 g/mol. The SMILES string of the molecule is COc1ccc(C(=O)OCC(=O)c2ccc(Cl)cc2)c(OC)c1.